The van der Waals surface area contributed by atoms with Crippen LogP contribution in [0, 0.1) is 6.92 Å². The maximum atomic E-state index is 11.2. The molecule has 4 heteroatoms. The van der Waals surface area contributed by atoms with Gasteiger partial charge in [-0.05, 0) is 33.4 Å². The molecule has 2 atom stereocenters. The zero-order chi connectivity index (χ0) is 13.9. The summed E-state index contributed by atoms with van der Waals surface area (Å²) in [6, 6.07) is 4.69. The lowest BCUT2D eigenvalue weighted by Crippen LogP contribution is -2.39. The highest BCUT2D eigenvalue weighted by Crippen LogP contribution is 2.30. The van der Waals surface area contributed by atoms with Crippen molar-refractivity contribution in [2.24, 2.45) is 0 Å². The first kappa shape index (κ1) is 14.5. The van der Waals surface area contributed by atoms with Gasteiger partial charge in [0.1, 0.15) is 11.8 Å². The van der Waals surface area contributed by atoms with Crippen molar-refractivity contribution in [3.63, 3.8) is 0 Å². The molecular formula is C14H21NO3. The molecule has 2 unspecified atom stereocenters. The third-order valence-electron chi connectivity index (χ3n) is 3.41. The SMILES string of the molecule is CCC(C(=O)O)N(C)C(C)c1cc(C)ccc1O. The topological polar surface area (TPSA) is 60.8 Å². The molecule has 0 aliphatic rings. The number of carboxylic acid groups (broad SMARTS) is 1. The summed E-state index contributed by atoms with van der Waals surface area (Å²) in [7, 11) is 1.77. The first-order chi connectivity index (χ1) is 8.38. The van der Waals surface area contributed by atoms with Gasteiger partial charge in [-0.15, -0.1) is 0 Å². The molecule has 0 radical (unpaired) electrons. The minimum Gasteiger partial charge on any atom is -0.508 e. The molecule has 1 aromatic rings. The third kappa shape index (κ3) is 3.01. The Morgan fingerprint density at radius 3 is 2.56 bits per heavy atom. The number of hydrogen-bond donors (Lipinski definition) is 2. The lowest BCUT2D eigenvalue weighted by molar-refractivity contribution is -0.143. The Hall–Kier alpha value is -1.55. The maximum Gasteiger partial charge on any atom is 0.320 e. The van der Waals surface area contributed by atoms with Gasteiger partial charge < -0.3 is 10.2 Å². The molecule has 0 fully saturated rings. The van der Waals surface area contributed by atoms with Crippen LogP contribution in [0.4, 0.5) is 0 Å². The van der Waals surface area contributed by atoms with Gasteiger partial charge in [0.25, 0.3) is 0 Å². The molecular weight excluding hydrogens is 230 g/mol. The average molecular weight is 251 g/mol. The van der Waals surface area contributed by atoms with Crippen LogP contribution in [-0.2, 0) is 4.79 Å². The first-order valence-electron chi connectivity index (χ1n) is 6.12. The number of aromatic hydroxyl groups is 1. The lowest BCUT2D eigenvalue weighted by Gasteiger charge is -2.30. The van der Waals surface area contributed by atoms with Crippen molar-refractivity contribution < 1.29 is 15.0 Å². The Balaban J connectivity index is 3.02. The van der Waals surface area contributed by atoms with Crippen LogP contribution in [0.3, 0.4) is 0 Å². The van der Waals surface area contributed by atoms with E-state index >= 15 is 0 Å². The van der Waals surface area contributed by atoms with E-state index < -0.39 is 12.0 Å². The fourth-order valence-electron chi connectivity index (χ4n) is 2.13. The number of phenolic OH excluding ortho intramolecular Hbond substituents is 1. The Kier molecular flexibility index (Phi) is 4.73. The van der Waals surface area contributed by atoms with E-state index in [1.165, 1.54) is 0 Å². The predicted molar refractivity (Wildman–Crippen MR) is 70.7 cm³/mol. The van der Waals surface area contributed by atoms with Crippen molar-refractivity contribution in [3.05, 3.63) is 29.3 Å². The number of phenols is 1. The van der Waals surface area contributed by atoms with Crippen LogP contribution in [0.1, 0.15) is 37.4 Å². The molecule has 18 heavy (non-hydrogen) atoms. The fraction of sp³-hybridized carbons (Fsp3) is 0.500. The van der Waals surface area contributed by atoms with Crippen LogP contribution in [0.15, 0.2) is 18.2 Å². The van der Waals surface area contributed by atoms with Gasteiger partial charge >= 0.3 is 5.97 Å². The molecule has 1 aromatic carbocycles. The molecule has 0 bridgehead atoms. The van der Waals surface area contributed by atoms with Crippen molar-refractivity contribution >= 4 is 5.97 Å². The Morgan fingerprint density at radius 2 is 2.06 bits per heavy atom. The monoisotopic (exact) mass is 251 g/mol. The van der Waals surface area contributed by atoms with Gasteiger partial charge in [-0.1, -0.05) is 24.6 Å². The van der Waals surface area contributed by atoms with Gasteiger partial charge in [-0.25, -0.2) is 0 Å². The van der Waals surface area contributed by atoms with Crippen LogP contribution in [0.2, 0.25) is 0 Å². The van der Waals surface area contributed by atoms with E-state index in [-0.39, 0.29) is 11.8 Å². The molecule has 0 saturated carbocycles. The number of benzene rings is 1. The minimum absolute atomic E-state index is 0.147. The second-order valence-corrected chi connectivity index (χ2v) is 4.67. The molecule has 0 aliphatic carbocycles. The van der Waals surface area contributed by atoms with E-state index in [2.05, 4.69) is 0 Å². The zero-order valence-electron chi connectivity index (χ0n) is 11.3. The third-order valence-corrected chi connectivity index (χ3v) is 3.41. The summed E-state index contributed by atoms with van der Waals surface area (Å²) in [6.07, 6.45) is 0.531. The number of aryl methyl sites for hydroxylation is 1. The first-order valence-corrected chi connectivity index (χ1v) is 6.12. The lowest BCUT2D eigenvalue weighted by atomic mass is 10.0. The molecule has 0 spiro atoms. The summed E-state index contributed by atoms with van der Waals surface area (Å²) < 4.78 is 0. The van der Waals surface area contributed by atoms with Crippen molar-refractivity contribution in [3.8, 4) is 5.75 Å². The second kappa shape index (κ2) is 5.87. The van der Waals surface area contributed by atoms with Gasteiger partial charge in [0, 0.05) is 11.6 Å². The summed E-state index contributed by atoms with van der Waals surface area (Å²) in [6.45, 7) is 5.70. The smallest absolute Gasteiger partial charge is 0.320 e. The van der Waals surface area contributed by atoms with E-state index in [9.17, 15) is 9.90 Å². The number of carboxylic acids is 1. The van der Waals surface area contributed by atoms with E-state index in [1.807, 2.05) is 32.9 Å². The standard InChI is InChI=1S/C14H21NO3/c1-5-12(14(17)18)15(4)10(3)11-8-9(2)6-7-13(11)16/h6-8,10,12,16H,5H2,1-4H3,(H,17,18). The van der Waals surface area contributed by atoms with E-state index in [1.54, 1.807) is 18.0 Å². The molecule has 0 heterocycles. The Bertz CT molecular complexity index is 431. The zero-order valence-corrected chi connectivity index (χ0v) is 11.3. The predicted octanol–water partition coefficient (Wildman–Crippen LogP) is 2.56. The minimum atomic E-state index is -0.834. The Morgan fingerprint density at radius 1 is 1.44 bits per heavy atom. The maximum absolute atomic E-state index is 11.2. The summed E-state index contributed by atoms with van der Waals surface area (Å²) in [5.41, 5.74) is 1.81. The highest BCUT2D eigenvalue weighted by molar-refractivity contribution is 5.73. The summed E-state index contributed by atoms with van der Waals surface area (Å²) in [5.74, 6) is -0.626. The normalized spacial score (nSPS) is 14.5. The van der Waals surface area contributed by atoms with Crippen molar-refractivity contribution in [1.82, 2.24) is 4.90 Å². The quantitative estimate of drug-likeness (QED) is 0.844. The molecule has 0 aromatic heterocycles. The number of nitrogens with zero attached hydrogens (tertiary/aromatic N) is 1. The number of hydrogen-bond acceptors (Lipinski definition) is 3. The van der Waals surface area contributed by atoms with Crippen LogP contribution < -0.4 is 0 Å². The van der Waals surface area contributed by atoms with Crippen molar-refractivity contribution in [2.45, 2.75) is 39.3 Å². The van der Waals surface area contributed by atoms with Gasteiger partial charge in [-0.3, -0.25) is 9.69 Å². The number of likely N-dealkylation sites (N-methyl/N-ethyl adjacent to an activating group) is 1. The van der Waals surface area contributed by atoms with Crippen LogP contribution >= 0.6 is 0 Å². The van der Waals surface area contributed by atoms with Crippen molar-refractivity contribution in [2.75, 3.05) is 7.05 Å². The number of carbonyl (C=O) groups is 1. The van der Waals surface area contributed by atoms with Gasteiger partial charge in [0.15, 0.2) is 0 Å². The van der Waals surface area contributed by atoms with E-state index in [0.29, 0.717) is 6.42 Å². The second-order valence-electron chi connectivity index (χ2n) is 4.67. The van der Waals surface area contributed by atoms with Crippen molar-refractivity contribution in [1.29, 1.82) is 0 Å². The van der Waals surface area contributed by atoms with Crippen LogP contribution in [-0.4, -0.2) is 34.2 Å². The molecule has 1 rings (SSSR count). The number of aliphatic carboxylic acids is 1. The van der Waals surface area contributed by atoms with E-state index in [4.69, 9.17) is 5.11 Å². The molecule has 0 amide bonds. The molecule has 0 saturated heterocycles. The summed E-state index contributed by atoms with van der Waals surface area (Å²) in [5, 5.41) is 19.0. The summed E-state index contributed by atoms with van der Waals surface area (Å²) >= 11 is 0. The Labute approximate surface area is 108 Å². The van der Waals surface area contributed by atoms with Gasteiger partial charge in [0.05, 0.1) is 0 Å². The average Bonchev–Trinajstić information content (AvgIpc) is 2.31. The van der Waals surface area contributed by atoms with Crippen LogP contribution in [0.5, 0.6) is 5.75 Å². The molecule has 0 aliphatic heterocycles. The van der Waals surface area contributed by atoms with Gasteiger partial charge in [-0.2, -0.15) is 0 Å². The largest absolute Gasteiger partial charge is 0.508 e. The van der Waals surface area contributed by atoms with E-state index in [0.717, 1.165) is 11.1 Å². The van der Waals surface area contributed by atoms with Crippen LogP contribution in [0.25, 0.3) is 0 Å². The number of rotatable bonds is 5. The molecule has 2 N–H and O–H groups in total. The fourth-order valence-corrected chi connectivity index (χ4v) is 2.13. The highest BCUT2D eigenvalue weighted by atomic mass is 16.4. The summed E-state index contributed by atoms with van der Waals surface area (Å²) in [4.78, 5) is 12.9. The molecule has 100 valence electrons. The van der Waals surface area contributed by atoms with Gasteiger partial charge in [0.2, 0.25) is 0 Å². The highest BCUT2D eigenvalue weighted by Gasteiger charge is 2.26. The molecule has 4 nitrogen and oxygen atoms in total.